The molecule has 0 unspecified atom stereocenters. The van der Waals surface area contributed by atoms with Gasteiger partial charge in [0.2, 0.25) is 3.79 Å². The van der Waals surface area contributed by atoms with Crippen LogP contribution in [0.1, 0.15) is 196 Å². The van der Waals surface area contributed by atoms with Gasteiger partial charge in [0, 0.05) is 6.42 Å². The molecule has 0 aromatic heterocycles. The number of rotatable bonds is 32. The van der Waals surface area contributed by atoms with Crippen LogP contribution in [0, 0.1) is 0 Å². The molecule has 2 saturated heterocycles. The Kier molecular flexibility index (Phi) is 27.1. The number of hydrogen-bond acceptors (Lipinski definition) is 10. The van der Waals surface area contributed by atoms with E-state index in [0.29, 0.717) is 6.42 Å². The highest BCUT2D eigenvalue weighted by molar-refractivity contribution is 6.99. The summed E-state index contributed by atoms with van der Waals surface area (Å²) in [6, 6.07) is 18.8. The van der Waals surface area contributed by atoms with Crippen LogP contribution in [-0.4, -0.2) is 85.9 Å². The molecule has 2 aromatic carbocycles. The predicted molar refractivity (Wildman–Crippen MR) is 288 cm³/mol. The van der Waals surface area contributed by atoms with Gasteiger partial charge in [0.1, 0.15) is 31.0 Å². The minimum atomic E-state index is -3.40. The number of carbonyl (C=O) groups is 3. The summed E-state index contributed by atoms with van der Waals surface area (Å²) in [5.41, 5.74) is 0. The zero-order chi connectivity index (χ0) is 51.8. The molecule has 2 aliphatic rings. The van der Waals surface area contributed by atoms with E-state index in [1.165, 1.54) is 83.5 Å². The molecule has 15 heteroatoms. The lowest BCUT2D eigenvalue weighted by atomic mass is 9.95. The summed E-state index contributed by atoms with van der Waals surface area (Å²) >= 11 is 18.1. The van der Waals surface area contributed by atoms with Crippen molar-refractivity contribution in [1.82, 2.24) is 5.32 Å². The van der Waals surface area contributed by atoms with Crippen molar-refractivity contribution in [3.05, 3.63) is 60.7 Å². The summed E-state index contributed by atoms with van der Waals surface area (Å²) in [6.45, 7) is 13.9. The van der Waals surface area contributed by atoms with E-state index in [9.17, 15) is 14.4 Å². The number of fused-ring (bicyclic) bond motifs is 1. The lowest BCUT2D eigenvalue weighted by Crippen LogP contribution is -2.74. The summed E-state index contributed by atoms with van der Waals surface area (Å²) < 4.78 is 43.2. The maximum absolute atomic E-state index is 14.6. The first-order valence-corrected chi connectivity index (χ1v) is 30.1. The maximum Gasteiger partial charge on any atom is 0.407 e. The third-order valence-corrected chi connectivity index (χ3v) is 18.9. The first-order chi connectivity index (χ1) is 33.9. The van der Waals surface area contributed by atoms with Gasteiger partial charge in [-0.1, -0.05) is 246 Å². The largest absolute Gasteiger partial charge is 0.462 e. The number of hydrogen-bond donors (Lipinski definition) is 1. The molecule has 0 aliphatic carbocycles. The number of ether oxygens (including phenoxy) is 6. The van der Waals surface area contributed by atoms with Gasteiger partial charge in [-0.05, 0) is 48.5 Å². The van der Waals surface area contributed by atoms with Crippen LogP contribution in [-0.2, 0) is 42.4 Å². The van der Waals surface area contributed by atoms with Gasteiger partial charge < -0.3 is 38.2 Å². The van der Waals surface area contributed by atoms with E-state index in [1.54, 1.807) is 13.8 Å². The predicted octanol–water partition coefficient (Wildman–Crippen LogP) is 13.7. The average Bonchev–Trinajstić information content (AvgIpc) is 3.32. The lowest BCUT2D eigenvalue weighted by molar-refractivity contribution is -0.362. The number of benzene rings is 2. The Morgan fingerprint density at radius 2 is 1.21 bits per heavy atom. The van der Waals surface area contributed by atoms with Gasteiger partial charge in [-0.25, -0.2) is 4.79 Å². The van der Waals surface area contributed by atoms with Crippen molar-refractivity contribution >= 4 is 71.5 Å². The molecule has 2 aromatic rings. The summed E-state index contributed by atoms with van der Waals surface area (Å²) in [4.78, 5) is 41.9. The lowest BCUT2D eigenvalue weighted by Gasteiger charge is -2.53. The Morgan fingerprint density at radius 1 is 0.718 bits per heavy atom. The third-order valence-electron chi connectivity index (χ3n) is 13.6. The molecule has 2 aliphatic heterocycles. The second-order valence-electron chi connectivity index (χ2n) is 21.2. The topological polar surface area (TPSA) is 128 Å². The summed E-state index contributed by atoms with van der Waals surface area (Å²) in [5, 5.41) is 4.31. The fourth-order valence-corrected chi connectivity index (χ4v) is 14.6. The van der Waals surface area contributed by atoms with Crippen molar-refractivity contribution in [2.75, 3.05) is 13.2 Å². The van der Waals surface area contributed by atoms with Crippen molar-refractivity contribution in [3.63, 3.8) is 0 Å². The molecular weight excluding hydrogens is 981 g/mol. The van der Waals surface area contributed by atoms with Gasteiger partial charge in [0.25, 0.3) is 8.32 Å². The SMILES string of the molecule is CCCCCCCCCCCCCC(=O)O[C@H](CCCCCCCCCCC)CC(=O)O[C@@H]1[C@@H](NC(=O)OCC(Cl)(Cl)Cl)[C@@H](O[Si](c2ccccc2)(c2ccccc2)C(C)(C)C)O[C@@H]2COC(C)(C)O[C@@H]12. The third kappa shape index (κ3) is 21.4. The summed E-state index contributed by atoms with van der Waals surface area (Å²) in [5.74, 6) is -2.05. The maximum atomic E-state index is 14.6. The summed E-state index contributed by atoms with van der Waals surface area (Å²) in [7, 11) is -3.40. The molecule has 1 N–H and O–H groups in total. The molecule has 6 atom stereocenters. The molecule has 2 heterocycles. The number of unbranched alkanes of at least 4 members (excludes halogenated alkanes) is 18. The van der Waals surface area contributed by atoms with Gasteiger partial charge in [0.05, 0.1) is 13.0 Å². The fraction of sp³-hybridized carbons (Fsp3) is 0.732. The zero-order valence-electron chi connectivity index (χ0n) is 44.1. The molecule has 402 valence electrons. The minimum Gasteiger partial charge on any atom is -0.462 e. The van der Waals surface area contributed by atoms with Crippen LogP contribution < -0.4 is 15.7 Å². The molecule has 0 saturated carbocycles. The van der Waals surface area contributed by atoms with Crippen LogP contribution in [0.5, 0.6) is 0 Å². The number of nitrogens with one attached hydrogen (secondary N) is 1. The Balaban J connectivity index is 1.61. The van der Waals surface area contributed by atoms with E-state index in [0.717, 1.165) is 55.3 Å². The van der Waals surface area contributed by atoms with Crippen LogP contribution in [0.15, 0.2) is 60.7 Å². The van der Waals surface area contributed by atoms with Gasteiger partial charge in [0.15, 0.2) is 18.2 Å². The first kappa shape index (κ1) is 61.1. The smallest absolute Gasteiger partial charge is 0.407 e. The molecule has 1 amide bonds. The molecular formula is C56H88Cl3NO10Si. The van der Waals surface area contributed by atoms with Gasteiger partial charge in [-0.3, -0.25) is 9.59 Å². The van der Waals surface area contributed by atoms with E-state index in [4.69, 9.17) is 67.7 Å². The highest BCUT2D eigenvalue weighted by Crippen LogP contribution is 2.41. The number of halogens is 3. The zero-order valence-corrected chi connectivity index (χ0v) is 47.4. The number of esters is 2. The average molecular weight is 1070 g/mol. The quantitative estimate of drug-likeness (QED) is 0.0249. The number of alkyl halides is 3. The van der Waals surface area contributed by atoms with Crippen LogP contribution in [0.2, 0.25) is 5.04 Å². The van der Waals surface area contributed by atoms with Crippen LogP contribution in [0.3, 0.4) is 0 Å². The van der Waals surface area contributed by atoms with Gasteiger partial charge in [-0.2, -0.15) is 0 Å². The highest BCUT2D eigenvalue weighted by atomic mass is 35.6. The van der Waals surface area contributed by atoms with E-state index in [-0.39, 0.29) is 25.4 Å². The standard InChI is InChI=1S/C56H88Cl3NO10Si/c1-8-10-12-14-16-18-19-21-23-25-33-39-47(61)66-43(34-28-24-22-20-17-15-13-11-9-2)40-48(62)68-51-49(60-53(63)64-42-56(57,58)59)52(67-46-41-65-55(6,7)69-50(46)51)70-71(54(3,4)5,44-35-29-26-30-36-44)45-37-31-27-32-38-45/h26-27,29-32,35-38,43,46,49-52H,8-25,28,33-34,39-42H2,1-7H3,(H,60,63)/t43-,46-,49-,50-,51-,52-/m1/s1. The van der Waals surface area contributed by atoms with E-state index < -0.39 is 78.4 Å². The van der Waals surface area contributed by atoms with E-state index in [1.807, 2.05) is 60.7 Å². The van der Waals surface area contributed by atoms with Crippen LogP contribution >= 0.6 is 34.8 Å². The molecule has 71 heavy (non-hydrogen) atoms. The minimum absolute atomic E-state index is 0.0780. The van der Waals surface area contributed by atoms with Crippen LogP contribution in [0.4, 0.5) is 4.79 Å². The Labute approximate surface area is 443 Å². The monoisotopic (exact) mass is 1070 g/mol. The molecule has 11 nitrogen and oxygen atoms in total. The van der Waals surface area contributed by atoms with Crippen molar-refractivity contribution in [3.8, 4) is 0 Å². The first-order valence-electron chi connectivity index (χ1n) is 27.0. The molecule has 0 radical (unpaired) electrons. The molecule has 4 rings (SSSR count). The Bertz CT molecular complexity index is 1770. The number of carbonyl (C=O) groups excluding carboxylic acids is 3. The fourth-order valence-electron chi connectivity index (χ4n) is 9.86. The van der Waals surface area contributed by atoms with Crippen molar-refractivity contribution in [1.29, 1.82) is 0 Å². The molecule has 2 fully saturated rings. The second-order valence-corrected chi connectivity index (χ2v) is 27.9. The van der Waals surface area contributed by atoms with E-state index in [2.05, 4.69) is 39.9 Å². The second kappa shape index (κ2) is 31.5. The Hall–Kier alpha value is -2.42. The molecule has 0 spiro atoms. The van der Waals surface area contributed by atoms with E-state index >= 15 is 0 Å². The number of amides is 1. The highest BCUT2D eigenvalue weighted by Gasteiger charge is 2.59. The van der Waals surface area contributed by atoms with Crippen LogP contribution in [0.25, 0.3) is 0 Å². The van der Waals surface area contributed by atoms with Crippen molar-refractivity contribution < 1.29 is 47.2 Å². The van der Waals surface area contributed by atoms with Gasteiger partial charge in [-0.15, -0.1) is 0 Å². The van der Waals surface area contributed by atoms with Crippen molar-refractivity contribution in [2.24, 2.45) is 0 Å². The normalized spacial score (nSPS) is 20.7. The summed E-state index contributed by atoms with van der Waals surface area (Å²) in [6.07, 6.45) is 17.9. The van der Waals surface area contributed by atoms with Gasteiger partial charge >= 0.3 is 18.0 Å². The molecule has 0 bridgehead atoms. The van der Waals surface area contributed by atoms with Crippen molar-refractivity contribution in [2.45, 2.75) is 248 Å². The number of alkyl carbamates (subject to hydrolysis) is 1. The Morgan fingerprint density at radius 3 is 1.70 bits per heavy atom.